The Kier molecular flexibility index (Phi) is 5.26. The van der Waals surface area contributed by atoms with Gasteiger partial charge in [-0.2, -0.15) is 0 Å². The van der Waals surface area contributed by atoms with Gasteiger partial charge in [0.25, 0.3) is 0 Å². The van der Waals surface area contributed by atoms with Gasteiger partial charge in [0.15, 0.2) is 0 Å². The summed E-state index contributed by atoms with van der Waals surface area (Å²) in [5, 5.41) is 0. The van der Waals surface area contributed by atoms with Crippen molar-refractivity contribution in [1.29, 1.82) is 0 Å². The number of nitrogens with zero attached hydrogens (tertiary/aromatic N) is 1. The van der Waals surface area contributed by atoms with E-state index in [1.165, 1.54) is 43.5 Å². The summed E-state index contributed by atoms with van der Waals surface area (Å²) in [6, 6.07) is 8.86. The summed E-state index contributed by atoms with van der Waals surface area (Å²) in [6.45, 7) is 7.77. The van der Waals surface area contributed by atoms with Crippen molar-refractivity contribution < 1.29 is 0 Å². The van der Waals surface area contributed by atoms with Crippen molar-refractivity contribution in [2.75, 3.05) is 24.5 Å². The summed E-state index contributed by atoms with van der Waals surface area (Å²) in [7, 11) is 0. The number of anilines is 1. The fourth-order valence-corrected chi connectivity index (χ4v) is 3.18. The fourth-order valence-electron chi connectivity index (χ4n) is 3.18. The van der Waals surface area contributed by atoms with Gasteiger partial charge < -0.3 is 10.6 Å². The lowest BCUT2D eigenvalue weighted by Crippen LogP contribution is -2.32. The summed E-state index contributed by atoms with van der Waals surface area (Å²) in [5.74, 6) is 1.43. The van der Waals surface area contributed by atoms with Crippen molar-refractivity contribution in [2.24, 2.45) is 17.6 Å². The zero-order valence-corrected chi connectivity index (χ0v) is 12.4. The van der Waals surface area contributed by atoms with Crippen LogP contribution in [0.2, 0.25) is 0 Å². The van der Waals surface area contributed by atoms with E-state index in [1.807, 2.05) is 0 Å². The minimum Gasteiger partial charge on any atom is -0.371 e. The highest BCUT2D eigenvalue weighted by molar-refractivity contribution is 5.55. The number of para-hydroxylation sites is 1. The lowest BCUT2D eigenvalue weighted by Gasteiger charge is -2.32. The first-order chi connectivity index (χ1) is 9.20. The normalized spacial score (nSPS) is 16.5. The molecule has 106 valence electrons. The molecule has 1 aliphatic heterocycles. The van der Waals surface area contributed by atoms with Crippen LogP contribution in [0.3, 0.4) is 0 Å². The molecule has 0 spiro atoms. The van der Waals surface area contributed by atoms with Gasteiger partial charge in [-0.1, -0.05) is 32.0 Å². The van der Waals surface area contributed by atoms with Crippen LogP contribution in [0.4, 0.5) is 5.69 Å². The Hall–Kier alpha value is -1.02. The Labute approximate surface area is 118 Å². The largest absolute Gasteiger partial charge is 0.371 e. The van der Waals surface area contributed by atoms with Crippen molar-refractivity contribution in [3.63, 3.8) is 0 Å². The topological polar surface area (TPSA) is 29.3 Å². The number of hydrogen-bond acceptors (Lipinski definition) is 2. The van der Waals surface area contributed by atoms with Crippen LogP contribution in [0.15, 0.2) is 24.3 Å². The SMILES string of the molecule is CC(C)CC(CN)CCN1CCCc2ccccc21. The molecule has 0 bridgehead atoms. The quantitative estimate of drug-likeness (QED) is 0.849. The van der Waals surface area contributed by atoms with Crippen LogP contribution in [0, 0.1) is 11.8 Å². The third kappa shape index (κ3) is 3.97. The average Bonchev–Trinajstić information content (AvgIpc) is 2.43. The molecule has 0 radical (unpaired) electrons. The molecular formula is C17H28N2. The van der Waals surface area contributed by atoms with Gasteiger partial charge in [-0.15, -0.1) is 0 Å². The summed E-state index contributed by atoms with van der Waals surface area (Å²) in [5.41, 5.74) is 8.88. The molecule has 0 aliphatic carbocycles. The first-order valence-electron chi connectivity index (χ1n) is 7.73. The molecular weight excluding hydrogens is 232 g/mol. The Morgan fingerprint density at radius 2 is 2.05 bits per heavy atom. The van der Waals surface area contributed by atoms with E-state index < -0.39 is 0 Å². The monoisotopic (exact) mass is 260 g/mol. The maximum absolute atomic E-state index is 5.91. The van der Waals surface area contributed by atoms with Crippen LogP contribution in [0.25, 0.3) is 0 Å². The van der Waals surface area contributed by atoms with E-state index in [2.05, 4.69) is 43.0 Å². The number of hydrogen-bond donors (Lipinski definition) is 1. The molecule has 1 aliphatic rings. The van der Waals surface area contributed by atoms with Crippen LogP contribution >= 0.6 is 0 Å². The van der Waals surface area contributed by atoms with E-state index in [1.54, 1.807) is 0 Å². The van der Waals surface area contributed by atoms with E-state index in [9.17, 15) is 0 Å². The second-order valence-corrected chi connectivity index (χ2v) is 6.24. The Morgan fingerprint density at radius 3 is 2.79 bits per heavy atom. The highest BCUT2D eigenvalue weighted by Crippen LogP contribution is 2.27. The number of fused-ring (bicyclic) bond motifs is 1. The van der Waals surface area contributed by atoms with Crippen LogP contribution < -0.4 is 10.6 Å². The third-order valence-corrected chi connectivity index (χ3v) is 4.15. The zero-order valence-electron chi connectivity index (χ0n) is 12.4. The van der Waals surface area contributed by atoms with E-state index in [0.717, 1.165) is 19.0 Å². The summed E-state index contributed by atoms with van der Waals surface area (Å²) < 4.78 is 0. The molecule has 19 heavy (non-hydrogen) atoms. The van der Waals surface area contributed by atoms with Gasteiger partial charge in [0, 0.05) is 18.8 Å². The molecule has 0 amide bonds. The lowest BCUT2D eigenvalue weighted by atomic mass is 9.93. The minimum atomic E-state index is 0.675. The third-order valence-electron chi connectivity index (χ3n) is 4.15. The highest BCUT2D eigenvalue weighted by Gasteiger charge is 2.17. The fraction of sp³-hybridized carbons (Fsp3) is 0.647. The van der Waals surface area contributed by atoms with E-state index in [0.29, 0.717) is 5.92 Å². The molecule has 0 saturated heterocycles. The van der Waals surface area contributed by atoms with Crippen molar-refractivity contribution in [3.05, 3.63) is 29.8 Å². The number of nitrogens with two attached hydrogens (primary N) is 1. The zero-order chi connectivity index (χ0) is 13.7. The molecule has 1 heterocycles. The Bertz CT molecular complexity index is 387. The summed E-state index contributed by atoms with van der Waals surface area (Å²) >= 11 is 0. The number of rotatable bonds is 6. The number of benzene rings is 1. The van der Waals surface area contributed by atoms with Crippen molar-refractivity contribution >= 4 is 5.69 Å². The molecule has 1 aromatic rings. The van der Waals surface area contributed by atoms with Gasteiger partial charge in [-0.25, -0.2) is 0 Å². The molecule has 0 saturated carbocycles. The average molecular weight is 260 g/mol. The summed E-state index contributed by atoms with van der Waals surface area (Å²) in [4.78, 5) is 2.56. The summed E-state index contributed by atoms with van der Waals surface area (Å²) in [6.07, 6.45) is 5.00. The second-order valence-electron chi connectivity index (χ2n) is 6.24. The molecule has 1 aromatic carbocycles. The first-order valence-corrected chi connectivity index (χ1v) is 7.73. The maximum Gasteiger partial charge on any atom is 0.0398 e. The Balaban J connectivity index is 1.93. The van der Waals surface area contributed by atoms with E-state index in [4.69, 9.17) is 5.73 Å². The maximum atomic E-state index is 5.91. The molecule has 0 aromatic heterocycles. The second kappa shape index (κ2) is 6.95. The predicted octanol–water partition coefficient (Wildman–Crippen LogP) is 3.45. The van der Waals surface area contributed by atoms with Gasteiger partial charge >= 0.3 is 0 Å². The standard InChI is InChI=1S/C17H28N2/c1-14(2)12-15(13-18)9-11-19-10-5-7-16-6-3-4-8-17(16)19/h3-4,6,8,14-15H,5,7,9-13,18H2,1-2H3. The van der Waals surface area contributed by atoms with Crippen LogP contribution in [0.1, 0.15) is 38.7 Å². The molecule has 0 fully saturated rings. The van der Waals surface area contributed by atoms with E-state index >= 15 is 0 Å². The van der Waals surface area contributed by atoms with E-state index in [-0.39, 0.29) is 0 Å². The molecule has 1 unspecified atom stereocenters. The molecule has 1 atom stereocenters. The van der Waals surface area contributed by atoms with Crippen molar-refractivity contribution in [2.45, 2.75) is 39.5 Å². The smallest absolute Gasteiger partial charge is 0.0398 e. The Morgan fingerprint density at radius 1 is 1.26 bits per heavy atom. The van der Waals surface area contributed by atoms with Crippen LogP contribution in [-0.2, 0) is 6.42 Å². The van der Waals surface area contributed by atoms with Crippen LogP contribution in [-0.4, -0.2) is 19.6 Å². The van der Waals surface area contributed by atoms with Gasteiger partial charge in [0.2, 0.25) is 0 Å². The minimum absolute atomic E-state index is 0.675. The molecule has 2 rings (SSSR count). The van der Waals surface area contributed by atoms with Crippen molar-refractivity contribution in [3.8, 4) is 0 Å². The number of aryl methyl sites for hydroxylation is 1. The predicted molar refractivity (Wildman–Crippen MR) is 83.6 cm³/mol. The van der Waals surface area contributed by atoms with Crippen molar-refractivity contribution in [1.82, 2.24) is 0 Å². The molecule has 2 heteroatoms. The van der Waals surface area contributed by atoms with Gasteiger partial charge in [0.1, 0.15) is 0 Å². The van der Waals surface area contributed by atoms with Gasteiger partial charge in [0.05, 0.1) is 0 Å². The van der Waals surface area contributed by atoms with Gasteiger partial charge in [-0.05, 0) is 55.7 Å². The molecule has 2 N–H and O–H groups in total. The van der Waals surface area contributed by atoms with Crippen LogP contribution in [0.5, 0.6) is 0 Å². The van der Waals surface area contributed by atoms with Gasteiger partial charge in [-0.3, -0.25) is 0 Å². The highest BCUT2D eigenvalue weighted by atomic mass is 15.1. The molecule has 2 nitrogen and oxygen atoms in total. The lowest BCUT2D eigenvalue weighted by molar-refractivity contribution is 0.393. The first kappa shape index (κ1) is 14.4.